The third-order valence-electron chi connectivity index (χ3n) is 2.49. The van der Waals surface area contributed by atoms with Crippen LogP contribution in [0.2, 0.25) is 0 Å². The van der Waals surface area contributed by atoms with Crippen molar-refractivity contribution in [2.24, 2.45) is 5.84 Å². The third-order valence-corrected chi connectivity index (χ3v) is 2.75. The quantitative estimate of drug-likeness (QED) is 0.431. The molecule has 0 aliphatic carbocycles. The third kappa shape index (κ3) is 3.73. The van der Waals surface area contributed by atoms with Gasteiger partial charge in [-0.2, -0.15) is 5.10 Å². The summed E-state index contributed by atoms with van der Waals surface area (Å²) < 4.78 is 1.92. The van der Waals surface area contributed by atoms with Crippen LogP contribution in [0.1, 0.15) is 38.6 Å². The molecule has 0 amide bonds. The summed E-state index contributed by atoms with van der Waals surface area (Å²) in [6.45, 7) is 4.17. The van der Waals surface area contributed by atoms with Gasteiger partial charge in [0.15, 0.2) is 0 Å². The van der Waals surface area contributed by atoms with Crippen LogP contribution >= 0.6 is 11.6 Å². The predicted molar refractivity (Wildman–Crippen MR) is 65.2 cm³/mol. The fourth-order valence-electron chi connectivity index (χ4n) is 1.64. The van der Waals surface area contributed by atoms with Crippen LogP contribution in [-0.4, -0.2) is 26.7 Å². The maximum atomic E-state index is 5.66. The molecule has 1 unspecified atom stereocenters. The Hall–Kier alpha value is -0.650. The molecule has 0 aromatic carbocycles. The minimum Gasteiger partial charge on any atom is -0.271 e. The van der Waals surface area contributed by atoms with E-state index in [-0.39, 0.29) is 6.04 Å². The van der Waals surface area contributed by atoms with Gasteiger partial charge in [0, 0.05) is 24.4 Å². The highest BCUT2D eigenvalue weighted by atomic mass is 35.5. The first-order chi connectivity index (χ1) is 7.69. The number of hydrogen-bond acceptors (Lipinski definition) is 4. The monoisotopic (exact) mass is 245 g/mol. The highest BCUT2D eigenvalue weighted by Crippen LogP contribution is 2.09. The van der Waals surface area contributed by atoms with Crippen molar-refractivity contribution in [3.8, 4) is 0 Å². The molecule has 0 saturated carbocycles. The molecule has 0 fully saturated rings. The number of aromatic nitrogens is 3. The number of alkyl halides is 1. The molecule has 1 heterocycles. The highest BCUT2D eigenvalue weighted by molar-refractivity contribution is 6.17. The molecule has 0 aliphatic rings. The first-order valence-corrected chi connectivity index (χ1v) is 6.13. The van der Waals surface area contributed by atoms with Gasteiger partial charge in [-0.3, -0.25) is 11.3 Å². The molecule has 1 atom stereocenters. The van der Waals surface area contributed by atoms with Crippen LogP contribution in [0, 0.1) is 0 Å². The summed E-state index contributed by atoms with van der Waals surface area (Å²) in [7, 11) is 0. The summed E-state index contributed by atoms with van der Waals surface area (Å²) in [5.74, 6) is 7.13. The zero-order valence-corrected chi connectivity index (χ0v) is 10.6. The van der Waals surface area contributed by atoms with Crippen LogP contribution < -0.4 is 11.3 Å². The van der Waals surface area contributed by atoms with E-state index in [1.165, 1.54) is 0 Å². The van der Waals surface area contributed by atoms with Gasteiger partial charge in [-0.25, -0.2) is 9.67 Å². The zero-order chi connectivity index (χ0) is 12.0. The van der Waals surface area contributed by atoms with Crippen molar-refractivity contribution in [2.75, 3.05) is 5.88 Å². The van der Waals surface area contributed by atoms with E-state index in [4.69, 9.17) is 17.4 Å². The largest absolute Gasteiger partial charge is 0.271 e. The molecular formula is C10H20ClN5. The molecule has 1 rings (SSSR count). The summed E-state index contributed by atoms with van der Waals surface area (Å²) in [4.78, 5) is 4.26. The predicted octanol–water partition coefficient (Wildman–Crippen LogP) is 1.25. The maximum absolute atomic E-state index is 5.66. The molecule has 92 valence electrons. The second-order valence-corrected chi connectivity index (χ2v) is 4.49. The van der Waals surface area contributed by atoms with E-state index < -0.39 is 0 Å². The molecule has 0 aliphatic heterocycles. The molecule has 6 heteroatoms. The molecule has 5 nitrogen and oxygen atoms in total. The first-order valence-electron chi connectivity index (χ1n) is 5.59. The van der Waals surface area contributed by atoms with Crippen molar-refractivity contribution in [1.29, 1.82) is 0 Å². The Morgan fingerprint density at radius 1 is 1.56 bits per heavy atom. The van der Waals surface area contributed by atoms with Crippen molar-refractivity contribution >= 4 is 11.6 Å². The Labute approximate surface area is 101 Å². The Morgan fingerprint density at radius 2 is 2.31 bits per heavy atom. The molecule has 0 bridgehead atoms. The topological polar surface area (TPSA) is 68.8 Å². The molecule has 0 spiro atoms. The van der Waals surface area contributed by atoms with Crippen LogP contribution in [0.3, 0.4) is 0 Å². The number of nitrogens with zero attached hydrogens (tertiary/aromatic N) is 3. The fraction of sp³-hybridized carbons (Fsp3) is 0.800. The summed E-state index contributed by atoms with van der Waals surface area (Å²) in [6.07, 6.45) is 4.27. The minimum atomic E-state index is 0.209. The fourth-order valence-corrected chi connectivity index (χ4v) is 1.79. The maximum Gasteiger partial charge on any atom is 0.138 e. The van der Waals surface area contributed by atoms with E-state index in [9.17, 15) is 0 Å². The number of halogens is 1. The van der Waals surface area contributed by atoms with Crippen molar-refractivity contribution in [1.82, 2.24) is 20.2 Å². The van der Waals surface area contributed by atoms with Crippen LogP contribution in [0.15, 0.2) is 6.33 Å². The Bertz CT molecular complexity index is 299. The molecule has 1 aromatic rings. The number of hydrogen-bond donors (Lipinski definition) is 2. The van der Waals surface area contributed by atoms with Crippen LogP contribution in [0.25, 0.3) is 0 Å². The minimum absolute atomic E-state index is 0.209. The Morgan fingerprint density at radius 3 is 2.88 bits per heavy atom. The average Bonchev–Trinajstić information content (AvgIpc) is 2.72. The van der Waals surface area contributed by atoms with E-state index >= 15 is 0 Å². The van der Waals surface area contributed by atoms with Gasteiger partial charge < -0.3 is 0 Å². The molecule has 16 heavy (non-hydrogen) atoms. The van der Waals surface area contributed by atoms with Gasteiger partial charge in [0.05, 0.1) is 0 Å². The average molecular weight is 246 g/mol. The van der Waals surface area contributed by atoms with Crippen LogP contribution in [-0.2, 0) is 6.42 Å². The van der Waals surface area contributed by atoms with Gasteiger partial charge in [0.25, 0.3) is 0 Å². The van der Waals surface area contributed by atoms with Crippen molar-refractivity contribution in [3.63, 3.8) is 0 Å². The standard InChI is InChI=1S/C10H20ClN5/c1-8(2)16-10(13-7-14-16)6-9(15-12)4-3-5-11/h7-9,15H,3-6,12H2,1-2H3. The van der Waals surface area contributed by atoms with E-state index in [0.29, 0.717) is 11.9 Å². The van der Waals surface area contributed by atoms with E-state index in [2.05, 4.69) is 29.4 Å². The first kappa shape index (κ1) is 13.4. The van der Waals surface area contributed by atoms with Crippen molar-refractivity contribution in [3.05, 3.63) is 12.2 Å². The normalized spacial score (nSPS) is 13.3. The van der Waals surface area contributed by atoms with Crippen LogP contribution in [0.5, 0.6) is 0 Å². The number of nitrogens with two attached hydrogens (primary N) is 1. The molecule has 3 N–H and O–H groups in total. The summed E-state index contributed by atoms with van der Waals surface area (Å²) >= 11 is 5.66. The summed E-state index contributed by atoms with van der Waals surface area (Å²) in [6, 6.07) is 0.532. The molecule has 0 radical (unpaired) electrons. The molecule has 1 aromatic heterocycles. The van der Waals surface area contributed by atoms with E-state index in [1.807, 2.05) is 4.68 Å². The van der Waals surface area contributed by atoms with Gasteiger partial charge in [-0.15, -0.1) is 11.6 Å². The highest BCUT2D eigenvalue weighted by Gasteiger charge is 2.13. The van der Waals surface area contributed by atoms with Crippen LogP contribution in [0.4, 0.5) is 0 Å². The van der Waals surface area contributed by atoms with Gasteiger partial charge in [-0.1, -0.05) is 0 Å². The molecular weight excluding hydrogens is 226 g/mol. The summed E-state index contributed by atoms with van der Waals surface area (Å²) in [5.41, 5.74) is 2.80. The van der Waals surface area contributed by atoms with Crippen molar-refractivity contribution < 1.29 is 0 Å². The Kier molecular flexibility index (Phi) is 5.73. The van der Waals surface area contributed by atoms with E-state index in [1.54, 1.807) is 6.33 Å². The lowest BCUT2D eigenvalue weighted by molar-refractivity contribution is 0.442. The van der Waals surface area contributed by atoms with Gasteiger partial charge in [-0.05, 0) is 26.7 Å². The second kappa shape index (κ2) is 6.83. The SMILES string of the molecule is CC(C)n1ncnc1CC(CCCCl)NN. The summed E-state index contributed by atoms with van der Waals surface area (Å²) in [5, 5.41) is 4.19. The zero-order valence-electron chi connectivity index (χ0n) is 9.86. The second-order valence-electron chi connectivity index (χ2n) is 4.11. The molecule has 0 saturated heterocycles. The number of rotatable bonds is 7. The van der Waals surface area contributed by atoms with Crippen molar-refractivity contribution in [2.45, 2.75) is 45.2 Å². The number of hydrazine groups is 1. The lowest BCUT2D eigenvalue weighted by Gasteiger charge is -2.16. The lowest BCUT2D eigenvalue weighted by Crippen LogP contribution is -2.37. The van der Waals surface area contributed by atoms with Gasteiger partial charge >= 0.3 is 0 Å². The Balaban J connectivity index is 2.59. The van der Waals surface area contributed by atoms with Gasteiger partial charge in [0.1, 0.15) is 12.2 Å². The smallest absolute Gasteiger partial charge is 0.138 e. The lowest BCUT2D eigenvalue weighted by atomic mass is 10.1. The van der Waals surface area contributed by atoms with Gasteiger partial charge in [0.2, 0.25) is 0 Å². The van der Waals surface area contributed by atoms with E-state index in [0.717, 1.165) is 25.1 Å². The number of nitrogens with one attached hydrogen (secondary N) is 1.